The van der Waals surface area contributed by atoms with E-state index in [1.54, 1.807) is 19.2 Å². The Bertz CT molecular complexity index is 421. The van der Waals surface area contributed by atoms with E-state index < -0.39 is 11.9 Å². The number of carbonyl (C=O) groups excluding carboxylic acids is 1. The number of benzene rings is 1. The molecular formula is C13H18FNO3. The number of rotatable bonds is 5. The van der Waals surface area contributed by atoms with Gasteiger partial charge in [-0.1, -0.05) is 6.07 Å². The summed E-state index contributed by atoms with van der Waals surface area (Å²) in [6.07, 6.45) is -0.488. The minimum atomic E-state index is -1.01. The summed E-state index contributed by atoms with van der Waals surface area (Å²) in [5.74, 6) is -0.560. The maximum Gasteiger partial charge on any atom is 0.250 e. The van der Waals surface area contributed by atoms with Crippen LogP contribution >= 0.6 is 0 Å². The van der Waals surface area contributed by atoms with Gasteiger partial charge in [0, 0.05) is 13.6 Å². The van der Waals surface area contributed by atoms with Crippen molar-refractivity contribution >= 4 is 5.91 Å². The Labute approximate surface area is 106 Å². The van der Waals surface area contributed by atoms with Crippen molar-refractivity contribution in [3.05, 3.63) is 29.6 Å². The standard InChI is InChI=1S/C13H18FNO3/c1-9(16)13(17)15(2)7-6-10-4-5-12(18-3)11(14)8-10/h4-5,8-9,16H,6-7H2,1-3H3. The molecule has 1 atom stereocenters. The van der Waals surface area contributed by atoms with Gasteiger partial charge in [0.05, 0.1) is 7.11 Å². The Morgan fingerprint density at radius 1 is 1.56 bits per heavy atom. The first-order chi connectivity index (χ1) is 8.45. The van der Waals surface area contributed by atoms with Crippen LogP contribution in [0.1, 0.15) is 12.5 Å². The Balaban J connectivity index is 2.59. The summed E-state index contributed by atoms with van der Waals surface area (Å²) in [4.78, 5) is 12.8. The van der Waals surface area contributed by atoms with Crippen molar-refractivity contribution in [2.24, 2.45) is 0 Å². The second-order valence-corrected chi connectivity index (χ2v) is 4.15. The molecule has 0 aliphatic heterocycles. The number of likely N-dealkylation sites (N-methyl/N-ethyl adjacent to an activating group) is 1. The first-order valence-electron chi connectivity index (χ1n) is 5.71. The van der Waals surface area contributed by atoms with Gasteiger partial charge in [-0.2, -0.15) is 0 Å². The van der Waals surface area contributed by atoms with Gasteiger partial charge in [0.1, 0.15) is 6.10 Å². The number of ether oxygens (including phenoxy) is 1. The van der Waals surface area contributed by atoms with Crippen molar-refractivity contribution in [2.75, 3.05) is 20.7 Å². The predicted octanol–water partition coefficient (Wildman–Crippen LogP) is 1.22. The second-order valence-electron chi connectivity index (χ2n) is 4.15. The SMILES string of the molecule is COc1ccc(CCN(C)C(=O)C(C)O)cc1F. The number of methoxy groups -OCH3 is 1. The van der Waals surface area contributed by atoms with Crippen LogP contribution in [-0.4, -0.2) is 42.7 Å². The quantitative estimate of drug-likeness (QED) is 0.860. The number of nitrogens with zero attached hydrogens (tertiary/aromatic N) is 1. The molecule has 100 valence electrons. The topological polar surface area (TPSA) is 49.8 Å². The molecule has 1 unspecified atom stereocenters. The molecule has 1 N–H and O–H groups in total. The van der Waals surface area contributed by atoms with Crippen LogP contribution in [-0.2, 0) is 11.2 Å². The van der Waals surface area contributed by atoms with Crippen molar-refractivity contribution in [3.8, 4) is 5.75 Å². The largest absolute Gasteiger partial charge is 0.494 e. The highest BCUT2D eigenvalue weighted by molar-refractivity contribution is 5.79. The fourth-order valence-corrected chi connectivity index (χ4v) is 1.59. The van der Waals surface area contributed by atoms with E-state index in [4.69, 9.17) is 9.84 Å². The van der Waals surface area contributed by atoms with E-state index in [2.05, 4.69) is 0 Å². The van der Waals surface area contributed by atoms with E-state index in [1.807, 2.05) is 0 Å². The zero-order valence-electron chi connectivity index (χ0n) is 10.8. The van der Waals surface area contributed by atoms with Gasteiger partial charge in [-0.3, -0.25) is 4.79 Å². The average molecular weight is 255 g/mol. The highest BCUT2D eigenvalue weighted by atomic mass is 19.1. The lowest BCUT2D eigenvalue weighted by atomic mass is 10.1. The summed E-state index contributed by atoms with van der Waals surface area (Å²) in [5, 5.41) is 9.13. The predicted molar refractivity (Wildman–Crippen MR) is 66.0 cm³/mol. The van der Waals surface area contributed by atoms with Crippen LogP contribution in [0.4, 0.5) is 4.39 Å². The summed E-state index contributed by atoms with van der Waals surface area (Å²) in [7, 11) is 3.02. The van der Waals surface area contributed by atoms with Crippen molar-refractivity contribution in [3.63, 3.8) is 0 Å². The molecule has 4 nitrogen and oxygen atoms in total. The summed E-state index contributed by atoms with van der Waals surface area (Å²) in [6, 6.07) is 4.70. The molecule has 0 fully saturated rings. The zero-order valence-corrected chi connectivity index (χ0v) is 10.8. The Kier molecular flexibility index (Phi) is 5.09. The second kappa shape index (κ2) is 6.35. The molecular weight excluding hydrogens is 237 g/mol. The van der Waals surface area contributed by atoms with Crippen LogP contribution in [0, 0.1) is 5.82 Å². The van der Waals surface area contributed by atoms with Crippen LogP contribution in [0.5, 0.6) is 5.75 Å². The molecule has 1 amide bonds. The average Bonchev–Trinajstić information content (AvgIpc) is 2.35. The lowest BCUT2D eigenvalue weighted by molar-refractivity contribution is -0.137. The smallest absolute Gasteiger partial charge is 0.250 e. The van der Waals surface area contributed by atoms with Crippen LogP contribution in [0.2, 0.25) is 0 Å². The van der Waals surface area contributed by atoms with Crippen molar-refractivity contribution in [1.82, 2.24) is 4.90 Å². The number of halogens is 1. The van der Waals surface area contributed by atoms with Gasteiger partial charge in [-0.05, 0) is 31.0 Å². The molecule has 0 aromatic heterocycles. The number of hydrogen-bond acceptors (Lipinski definition) is 3. The fraction of sp³-hybridized carbons (Fsp3) is 0.462. The Morgan fingerprint density at radius 3 is 2.72 bits per heavy atom. The maximum atomic E-state index is 13.4. The van der Waals surface area contributed by atoms with Gasteiger partial charge in [0.15, 0.2) is 11.6 Å². The molecule has 0 bridgehead atoms. The van der Waals surface area contributed by atoms with E-state index in [0.29, 0.717) is 13.0 Å². The molecule has 0 saturated carbocycles. The number of hydrogen-bond donors (Lipinski definition) is 1. The highest BCUT2D eigenvalue weighted by Gasteiger charge is 2.14. The number of aliphatic hydroxyl groups is 1. The normalized spacial score (nSPS) is 12.1. The molecule has 0 aliphatic rings. The zero-order chi connectivity index (χ0) is 13.7. The van der Waals surface area contributed by atoms with Crippen molar-refractivity contribution in [2.45, 2.75) is 19.4 Å². The number of carbonyl (C=O) groups is 1. The lowest BCUT2D eigenvalue weighted by Crippen LogP contribution is -2.35. The molecule has 18 heavy (non-hydrogen) atoms. The Morgan fingerprint density at radius 2 is 2.22 bits per heavy atom. The van der Waals surface area contributed by atoms with Crippen molar-refractivity contribution in [1.29, 1.82) is 0 Å². The van der Waals surface area contributed by atoms with E-state index in [0.717, 1.165) is 5.56 Å². The van der Waals surface area contributed by atoms with Crippen LogP contribution in [0.25, 0.3) is 0 Å². The number of amides is 1. The molecule has 1 aromatic carbocycles. The highest BCUT2D eigenvalue weighted by Crippen LogP contribution is 2.18. The van der Waals surface area contributed by atoms with E-state index >= 15 is 0 Å². The molecule has 5 heteroatoms. The van der Waals surface area contributed by atoms with Gasteiger partial charge >= 0.3 is 0 Å². The summed E-state index contributed by atoms with van der Waals surface area (Å²) in [5.41, 5.74) is 0.776. The summed E-state index contributed by atoms with van der Waals surface area (Å²) in [6.45, 7) is 1.85. The maximum absolute atomic E-state index is 13.4. The lowest BCUT2D eigenvalue weighted by Gasteiger charge is -2.18. The third kappa shape index (κ3) is 3.70. The third-order valence-corrected chi connectivity index (χ3v) is 2.69. The molecule has 0 radical (unpaired) electrons. The first kappa shape index (κ1) is 14.4. The van der Waals surface area contributed by atoms with Gasteiger partial charge < -0.3 is 14.7 Å². The molecule has 1 rings (SSSR count). The van der Waals surface area contributed by atoms with E-state index in [-0.39, 0.29) is 11.7 Å². The third-order valence-electron chi connectivity index (χ3n) is 2.69. The Hall–Kier alpha value is -1.62. The fourth-order valence-electron chi connectivity index (χ4n) is 1.59. The summed E-state index contributed by atoms with van der Waals surface area (Å²) < 4.78 is 18.2. The van der Waals surface area contributed by atoms with E-state index in [1.165, 1.54) is 25.0 Å². The first-order valence-corrected chi connectivity index (χ1v) is 5.71. The molecule has 0 aliphatic carbocycles. The van der Waals surface area contributed by atoms with Crippen LogP contribution in [0.15, 0.2) is 18.2 Å². The van der Waals surface area contributed by atoms with Gasteiger partial charge in [0.25, 0.3) is 5.91 Å². The molecule has 0 heterocycles. The van der Waals surface area contributed by atoms with Gasteiger partial charge in [0.2, 0.25) is 0 Å². The molecule has 0 saturated heterocycles. The van der Waals surface area contributed by atoms with Gasteiger partial charge in [-0.15, -0.1) is 0 Å². The minimum absolute atomic E-state index is 0.201. The minimum Gasteiger partial charge on any atom is -0.494 e. The number of aliphatic hydroxyl groups excluding tert-OH is 1. The van der Waals surface area contributed by atoms with Crippen LogP contribution < -0.4 is 4.74 Å². The summed E-state index contributed by atoms with van der Waals surface area (Å²) >= 11 is 0. The van der Waals surface area contributed by atoms with E-state index in [9.17, 15) is 9.18 Å². The molecule has 0 spiro atoms. The van der Waals surface area contributed by atoms with Gasteiger partial charge in [-0.25, -0.2) is 4.39 Å². The van der Waals surface area contributed by atoms with Crippen molar-refractivity contribution < 1.29 is 19.0 Å². The van der Waals surface area contributed by atoms with Crippen LogP contribution in [0.3, 0.4) is 0 Å². The molecule has 1 aromatic rings. The monoisotopic (exact) mass is 255 g/mol.